The number of ether oxygens (including phenoxy) is 1. The maximum Gasteiger partial charge on any atom is 0.339 e. The van der Waals surface area contributed by atoms with Crippen molar-refractivity contribution in [2.75, 3.05) is 6.61 Å². The summed E-state index contributed by atoms with van der Waals surface area (Å²) in [6.45, 7) is 4.03. The third kappa shape index (κ3) is 5.42. The largest absolute Gasteiger partial charge is 0.497 e. The number of aryl methyl sites for hydroxylation is 1. The molecule has 1 aromatic heterocycles. The highest BCUT2D eigenvalue weighted by Crippen LogP contribution is 2.38. The average Bonchev–Trinajstić information content (AvgIpc) is 2.62. The predicted octanol–water partition coefficient (Wildman–Crippen LogP) is 2.68. The minimum atomic E-state index is -1.21. The minimum Gasteiger partial charge on any atom is -0.497 e. The van der Waals surface area contributed by atoms with Gasteiger partial charge in [-0.1, -0.05) is 0 Å². The average molecular weight is 394 g/mol. The second kappa shape index (κ2) is 9.51. The molecule has 0 atom stereocenters. The Labute approximate surface area is 156 Å². The lowest BCUT2D eigenvalue weighted by Gasteiger charge is -2.02. The van der Waals surface area contributed by atoms with E-state index in [2.05, 4.69) is 4.98 Å². The zero-order valence-electron chi connectivity index (χ0n) is 14.6. The number of nitro benzene ring substituents is 3. The number of aromatic hydroxyl groups is 1. The lowest BCUT2D eigenvalue weighted by atomic mass is 10.2. The molecule has 13 heteroatoms. The van der Waals surface area contributed by atoms with Crippen molar-refractivity contribution in [3.63, 3.8) is 0 Å². The molecule has 1 aromatic carbocycles. The molecule has 0 aliphatic heterocycles. The molecule has 0 aliphatic rings. The van der Waals surface area contributed by atoms with Gasteiger partial charge in [-0.25, -0.2) is 4.79 Å². The molecule has 0 amide bonds. The predicted molar refractivity (Wildman–Crippen MR) is 93.0 cm³/mol. The van der Waals surface area contributed by atoms with E-state index in [0.29, 0.717) is 24.3 Å². The van der Waals surface area contributed by atoms with Crippen LogP contribution in [0.1, 0.15) is 22.8 Å². The monoisotopic (exact) mass is 394 g/mol. The SMILES string of the molecule is CCOC(=O)c1cnccc1C.O=[N+]([O-])c1cc([N+](=O)[O-])c(O)c([N+](=O)[O-])c1. The van der Waals surface area contributed by atoms with E-state index in [0.717, 1.165) is 5.56 Å². The lowest BCUT2D eigenvalue weighted by Crippen LogP contribution is -2.06. The highest BCUT2D eigenvalue weighted by atomic mass is 16.6. The Morgan fingerprint density at radius 1 is 1.11 bits per heavy atom. The smallest absolute Gasteiger partial charge is 0.339 e. The highest BCUT2D eigenvalue weighted by molar-refractivity contribution is 5.90. The van der Waals surface area contributed by atoms with Crippen LogP contribution in [-0.4, -0.2) is 37.4 Å². The van der Waals surface area contributed by atoms with E-state index in [9.17, 15) is 35.1 Å². The molecule has 2 rings (SSSR count). The molecule has 28 heavy (non-hydrogen) atoms. The summed E-state index contributed by atoms with van der Waals surface area (Å²) in [5.74, 6) is -1.51. The van der Waals surface area contributed by atoms with Crippen LogP contribution in [0.3, 0.4) is 0 Å². The summed E-state index contributed by atoms with van der Waals surface area (Å²) in [5, 5.41) is 40.2. The van der Waals surface area contributed by atoms with Gasteiger partial charge in [-0.05, 0) is 25.5 Å². The summed E-state index contributed by atoms with van der Waals surface area (Å²) in [7, 11) is 0. The molecule has 13 nitrogen and oxygen atoms in total. The number of aromatic nitrogens is 1. The van der Waals surface area contributed by atoms with Gasteiger partial charge < -0.3 is 9.84 Å². The normalized spacial score (nSPS) is 9.64. The zero-order chi connectivity index (χ0) is 21.4. The number of non-ortho nitro benzene ring substituents is 1. The van der Waals surface area contributed by atoms with Gasteiger partial charge >= 0.3 is 17.3 Å². The molecular formula is C15H14N4O9. The molecule has 148 valence electrons. The number of phenols is 1. The van der Waals surface area contributed by atoms with Gasteiger partial charge in [0.05, 0.1) is 39.1 Å². The van der Waals surface area contributed by atoms with Gasteiger partial charge in [0, 0.05) is 12.4 Å². The molecule has 0 saturated heterocycles. The summed E-state index contributed by atoms with van der Waals surface area (Å²) < 4.78 is 4.83. The standard InChI is InChI=1S/C9H11NO2.C6H3N3O7/c1-3-12-9(11)8-6-10-5-4-7(8)2;10-6-4(8(13)14)1-3(7(11)12)2-5(6)9(15)16/h4-6H,3H2,1-2H3;1-2,10H. The van der Waals surface area contributed by atoms with Gasteiger partial charge in [-0.2, -0.15) is 0 Å². The number of nitrogens with zero attached hydrogens (tertiary/aromatic N) is 4. The summed E-state index contributed by atoms with van der Waals surface area (Å²) in [4.78, 5) is 42.8. The van der Waals surface area contributed by atoms with E-state index in [4.69, 9.17) is 9.84 Å². The molecule has 0 spiro atoms. The number of esters is 1. The minimum absolute atomic E-state index is 0.303. The Morgan fingerprint density at radius 2 is 1.64 bits per heavy atom. The summed E-state index contributed by atoms with van der Waals surface area (Å²) >= 11 is 0. The number of phenolic OH excluding ortho intramolecular Hbond substituents is 1. The van der Waals surface area contributed by atoms with Crippen molar-refractivity contribution in [2.24, 2.45) is 0 Å². The lowest BCUT2D eigenvalue weighted by molar-refractivity contribution is -0.404. The molecule has 0 radical (unpaired) electrons. The number of carbonyl (C=O) groups excluding carboxylic acids is 1. The second-order valence-corrected chi connectivity index (χ2v) is 5.02. The van der Waals surface area contributed by atoms with Crippen LogP contribution in [-0.2, 0) is 4.74 Å². The number of pyridine rings is 1. The van der Waals surface area contributed by atoms with E-state index in [1.807, 2.05) is 6.92 Å². The van der Waals surface area contributed by atoms with Crippen LogP contribution in [0.4, 0.5) is 17.1 Å². The van der Waals surface area contributed by atoms with Crippen molar-refractivity contribution in [2.45, 2.75) is 13.8 Å². The Morgan fingerprint density at radius 3 is 2.04 bits per heavy atom. The molecule has 0 fully saturated rings. The van der Waals surface area contributed by atoms with Crippen LogP contribution >= 0.6 is 0 Å². The quantitative estimate of drug-likeness (QED) is 0.448. The number of rotatable bonds is 5. The maximum atomic E-state index is 11.2. The third-order valence-corrected chi connectivity index (χ3v) is 3.19. The third-order valence-electron chi connectivity index (χ3n) is 3.19. The first-order chi connectivity index (χ1) is 13.1. The van der Waals surface area contributed by atoms with Gasteiger partial charge in [-0.15, -0.1) is 0 Å². The first-order valence-electron chi connectivity index (χ1n) is 7.48. The fourth-order valence-corrected chi connectivity index (χ4v) is 1.86. The summed E-state index contributed by atoms with van der Waals surface area (Å²) in [5.41, 5.74) is -1.57. The van der Waals surface area contributed by atoms with Crippen molar-refractivity contribution >= 4 is 23.0 Å². The van der Waals surface area contributed by atoms with E-state index in [1.54, 1.807) is 19.2 Å². The maximum absolute atomic E-state index is 11.2. The molecule has 0 saturated carbocycles. The number of benzene rings is 1. The van der Waals surface area contributed by atoms with Crippen LogP contribution in [0, 0.1) is 37.3 Å². The molecule has 0 bridgehead atoms. The summed E-state index contributed by atoms with van der Waals surface area (Å²) in [6, 6.07) is 2.68. The first kappa shape index (κ1) is 21.9. The van der Waals surface area contributed by atoms with Crippen LogP contribution in [0.2, 0.25) is 0 Å². The molecule has 1 N–H and O–H groups in total. The molecule has 0 unspecified atom stereocenters. The van der Waals surface area contributed by atoms with E-state index in [1.165, 1.54) is 6.20 Å². The van der Waals surface area contributed by atoms with Crippen molar-refractivity contribution in [3.05, 3.63) is 72.1 Å². The van der Waals surface area contributed by atoms with Crippen molar-refractivity contribution in [3.8, 4) is 5.75 Å². The van der Waals surface area contributed by atoms with Crippen molar-refractivity contribution in [1.29, 1.82) is 0 Å². The highest BCUT2D eigenvalue weighted by Gasteiger charge is 2.30. The fourth-order valence-electron chi connectivity index (χ4n) is 1.86. The number of hydrogen-bond acceptors (Lipinski definition) is 10. The number of hydrogen-bond donors (Lipinski definition) is 1. The Kier molecular flexibility index (Phi) is 7.43. The van der Waals surface area contributed by atoms with Crippen LogP contribution in [0.15, 0.2) is 30.6 Å². The van der Waals surface area contributed by atoms with Gasteiger partial charge in [0.1, 0.15) is 0 Å². The molecule has 2 aromatic rings. The Hall–Kier alpha value is -4.16. The van der Waals surface area contributed by atoms with Crippen molar-refractivity contribution < 1.29 is 29.4 Å². The molecular weight excluding hydrogens is 380 g/mol. The van der Waals surface area contributed by atoms with Gasteiger partial charge in [-0.3, -0.25) is 35.3 Å². The van der Waals surface area contributed by atoms with Gasteiger partial charge in [0.15, 0.2) is 0 Å². The molecule has 1 heterocycles. The Bertz CT molecular complexity index is 894. The zero-order valence-corrected chi connectivity index (χ0v) is 14.6. The van der Waals surface area contributed by atoms with Gasteiger partial charge in [0.2, 0.25) is 0 Å². The van der Waals surface area contributed by atoms with E-state index >= 15 is 0 Å². The summed E-state index contributed by atoms with van der Waals surface area (Å²) in [6.07, 6.45) is 3.17. The van der Waals surface area contributed by atoms with Gasteiger partial charge in [0.25, 0.3) is 11.4 Å². The number of nitro groups is 3. The Balaban J connectivity index is 0.000000292. The topological polar surface area (TPSA) is 189 Å². The second-order valence-electron chi connectivity index (χ2n) is 5.02. The van der Waals surface area contributed by atoms with Crippen LogP contribution < -0.4 is 0 Å². The van der Waals surface area contributed by atoms with Crippen LogP contribution in [0.25, 0.3) is 0 Å². The van der Waals surface area contributed by atoms with E-state index < -0.39 is 37.6 Å². The number of carbonyl (C=O) groups is 1. The van der Waals surface area contributed by atoms with E-state index in [-0.39, 0.29) is 5.97 Å². The first-order valence-corrected chi connectivity index (χ1v) is 7.48. The van der Waals surface area contributed by atoms with Crippen molar-refractivity contribution in [1.82, 2.24) is 4.98 Å². The fraction of sp³-hybridized carbons (Fsp3) is 0.200. The molecule has 0 aliphatic carbocycles. The van der Waals surface area contributed by atoms with Crippen LogP contribution in [0.5, 0.6) is 5.75 Å².